The minimum absolute atomic E-state index is 0.0963. The molecular formula is C48H90NO7P. The Labute approximate surface area is 351 Å². The van der Waals surface area contributed by atoms with Crippen molar-refractivity contribution < 1.29 is 32.8 Å². The third-order valence-electron chi connectivity index (χ3n) is 9.97. The maximum absolute atomic E-state index is 12.6. The molecule has 0 saturated carbocycles. The first-order valence-corrected chi connectivity index (χ1v) is 25.1. The number of ether oxygens (including phenoxy) is 2. The second kappa shape index (κ2) is 45.5. The lowest BCUT2D eigenvalue weighted by molar-refractivity contribution is -0.154. The monoisotopic (exact) mass is 824 g/mol. The summed E-state index contributed by atoms with van der Waals surface area (Å²) in [5.41, 5.74) is 5.38. The highest BCUT2D eigenvalue weighted by molar-refractivity contribution is 7.47. The third kappa shape index (κ3) is 45.4. The zero-order chi connectivity index (χ0) is 41.6. The number of nitrogens with two attached hydrogens (primary N) is 1. The molecule has 0 saturated heterocycles. The van der Waals surface area contributed by atoms with Crippen molar-refractivity contribution in [2.24, 2.45) is 5.73 Å². The molecule has 0 aliphatic rings. The highest BCUT2D eigenvalue weighted by Crippen LogP contribution is 2.43. The first-order chi connectivity index (χ1) is 27.9. The lowest BCUT2D eigenvalue weighted by atomic mass is 10.1. The largest absolute Gasteiger partial charge is 0.472 e. The number of rotatable bonds is 45. The maximum Gasteiger partial charge on any atom is 0.472 e. The van der Waals surface area contributed by atoms with Crippen molar-refractivity contribution in [3.63, 3.8) is 0 Å². The average Bonchev–Trinajstić information content (AvgIpc) is 3.20. The van der Waals surface area contributed by atoms with E-state index in [1.165, 1.54) is 128 Å². The smallest absolute Gasteiger partial charge is 0.457 e. The minimum Gasteiger partial charge on any atom is -0.457 e. The van der Waals surface area contributed by atoms with Crippen molar-refractivity contribution in [2.75, 3.05) is 33.0 Å². The lowest BCUT2D eigenvalue weighted by Crippen LogP contribution is -2.28. The molecule has 0 aromatic carbocycles. The van der Waals surface area contributed by atoms with Crippen LogP contribution in [0, 0.1) is 0 Å². The van der Waals surface area contributed by atoms with Crippen molar-refractivity contribution in [1.29, 1.82) is 0 Å². The van der Waals surface area contributed by atoms with Gasteiger partial charge in [0, 0.05) is 19.6 Å². The Morgan fingerprint density at radius 3 is 1.39 bits per heavy atom. The second-order valence-electron chi connectivity index (χ2n) is 15.6. The van der Waals surface area contributed by atoms with Crippen molar-refractivity contribution in [3.05, 3.63) is 48.6 Å². The topological polar surface area (TPSA) is 117 Å². The Morgan fingerprint density at radius 1 is 0.526 bits per heavy atom. The first kappa shape index (κ1) is 55.5. The summed E-state index contributed by atoms with van der Waals surface area (Å²) >= 11 is 0. The van der Waals surface area contributed by atoms with Gasteiger partial charge in [0.15, 0.2) is 0 Å². The number of allylic oxidation sites excluding steroid dienone is 8. The van der Waals surface area contributed by atoms with E-state index in [1.807, 2.05) is 0 Å². The number of hydrogen-bond donors (Lipinski definition) is 2. The fourth-order valence-electron chi connectivity index (χ4n) is 6.47. The number of unbranched alkanes of at least 4 members (excludes halogenated alkanes) is 24. The number of carbonyl (C=O) groups excluding carboxylic acids is 1. The molecule has 0 fully saturated rings. The van der Waals surface area contributed by atoms with Crippen LogP contribution in [-0.4, -0.2) is 49.9 Å². The molecule has 0 aromatic heterocycles. The zero-order valence-electron chi connectivity index (χ0n) is 37.1. The molecule has 0 amide bonds. The van der Waals surface area contributed by atoms with Gasteiger partial charge >= 0.3 is 13.8 Å². The highest BCUT2D eigenvalue weighted by Gasteiger charge is 2.25. The van der Waals surface area contributed by atoms with Crippen LogP contribution >= 0.6 is 7.82 Å². The molecule has 0 aromatic rings. The van der Waals surface area contributed by atoms with Crippen LogP contribution in [-0.2, 0) is 27.9 Å². The summed E-state index contributed by atoms with van der Waals surface area (Å²) in [6.07, 6.45) is 54.2. The van der Waals surface area contributed by atoms with Gasteiger partial charge in [-0.2, -0.15) is 0 Å². The average molecular weight is 824 g/mol. The molecule has 0 rings (SSSR count). The Balaban J connectivity index is 4.00. The Hall–Kier alpha value is -1.54. The number of hydrogen-bond acceptors (Lipinski definition) is 7. The molecule has 9 heteroatoms. The van der Waals surface area contributed by atoms with Crippen molar-refractivity contribution in [2.45, 2.75) is 219 Å². The fraction of sp³-hybridized carbons (Fsp3) is 0.812. The van der Waals surface area contributed by atoms with Gasteiger partial charge in [-0.3, -0.25) is 13.8 Å². The van der Waals surface area contributed by atoms with E-state index in [9.17, 15) is 14.3 Å². The normalized spacial score (nSPS) is 13.8. The standard InChI is InChI=1S/C48H90NO7P/c1-3-5-7-9-11-13-15-17-19-21-22-23-24-25-26-28-30-32-34-36-38-40-43-53-45-47(46-55-57(51,52)54-44-42-49)56-48(50)41-39-37-35-33-31-29-27-20-18-16-14-12-10-8-6-4-2/h14-17,20-22,27,47H,3-13,18-19,23-26,28-46,49H2,1-2H3,(H,51,52)/b16-14-,17-15-,22-21-,27-20-. The van der Waals surface area contributed by atoms with E-state index in [-0.39, 0.29) is 32.3 Å². The number of phosphoric ester groups is 1. The van der Waals surface area contributed by atoms with E-state index >= 15 is 0 Å². The summed E-state index contributed by atoms with van der Waals surface area (Å²) in [6.45, 7) is 4.88. The SMILES string of the molecule is CCCCCC/C=C\C/C=C\CCCCCCCC(=O)OC(COCCCCCCCCCCCC/C=C\C/C=C\CCCCCCC)COP(=O)(O)OCCN. The Kier molecular flexibility index (Phi) is 44.3. The number of esters is 1. The molecule has 0 spiro atoms. The molecule has 57 heavy (non-hydrogen) atoms. The zero-order valence-corrected chi connectivity index (χ0v) is 38.0. The van der Waals surface area contributed by atoms with E-state index in [0.717, 1.165) is 64.2 Å². The molecular weight excluding hydrogens is 734 g/mol. The van der Waals surface area contributed by atoms with Crippen LogP contribution in [0.2, 0.25) is 0 Å². The number of carbonyl (C=O) groups is 1. The summed E-state index contributed by atoms with van der Waals surface area (Å²) in [4.78, 5) is 22.5. The molecule has 0 aliphatic heterocycles. The molecule has 3 N–H and O–H groups in total. The summed E-state index contributed by atoms with van der Waals surface area (Å²) in [6, 6.07) is 0. The quantitative estimate of drug-likeness (QED) is 0.0270. The van der Waals surface area contributed by atoms with Gasteiger partial charge in [-0.15, -0.1) is 0 Å². The number of phosphoric acid groups is 1. The van der Waals surface area contributed by atoms with Gasteiger partial charge in [-0.1, -0.05) is 178 Å². The van der Waals surface area contributed by atoms with Gasteiger partial charge in [0.25, 0.3) is 0 Å². The van der Waals surface area contributed by atoms with Crippen LogP contribution in [0.3, 0.4) is 0 Å². The summed E-state index contributed by atoms with van der Waals surface area (Å²) in [5.74, 6) is -0.344. The van der Waals surface area contributed by atoms with Crippen LogP contribution in [0.25, 0.3) is 0 Å². The lowest BCUT2D eigenvalue weighted by Gasteiger charge is -2.20. The summed E-state index contributed by atoms with van der Waals surface area (Å²) < 4.78 is 33.5. The summed E-state index contributed by atoms with van der Waals surface area (Å²) in [7, 11) is -4.28. The van der Waals surface area contributed by atoms with E-state index in [2.05, 4.69) is 62.5 Å². The molecule has 2 atom stereocenters. The van der Waals surface area contributed by atoms with Crippen molar-refractivity contribution in [3.8, 4) is 0 Å². The second-order valence-corrected chi connectivity index (χ2v) is 17.1. The highest BCUT2D eigenvalue weighted by atomic mass is 31.2. The Morgan fingerprint density at radius 2 is 0.930 bits per heavy atom. The Bertz CT molecular complexity index is 1010. The van der Waals surface area contributed by atoms with Crippen molar-refractivity contribution >= 4 is 13.8 Å². The predicted molar refractivity (Wildman–Crippen MR) is 243 cm³/mol. The molecule has 0 radical (unpaired) electrons. The predicted octanol–water partition coefficient (Wildman–Crippen LogP) is 14.4. The van der Waals surface area contributed by atoms with Crippen LogP contribution in [0.4, 0.5) is 0 Å². The van der Waals surface area contributed by atoms with E-state index in [1.54, 1.807) is 0 Å². The van der Waals surface area contributed by atoms with Crippen LogP contribution in [0.5, 0.6) is 0 Å². The van der Waals surface area contributed by atoms with Crippen LogP contribution in [0.15, 0.2) is 48.6 Å². The van der Waals surface area contributed by atoms with Crippen LogP contribution < -0.4 is 5.73 Å². The van der Waals surface area contributed by atoms with Gasteiger partial charge in [-0.25, -0.2) is 4.57 Å². The van der Waals surface area contributed by atoms with Gasteiger partial charge < -0.3 is 20.1 Å². The van der Waals surface area contributed by atoms with E-state index < -0.39 is 13.9 Å². The van der Waals surface area contributed by atoms with Crippen LogP contribution in [0.1, 0.15) is 213 Å². The molecule has 0 heterocycles. The van der Waals surface area contributed by atoms with E-state index in [4.69, 9.17) is 24.3 Å². The molecule has 8 nitrogen and oxygen atoms in total. The first-order valence-electron chi connectivity index (χ1n) is 23.6. The molecule has 0 aliphatic carbocycles. The minimum atomic E-state index is -4.28. The molecule has 0 bridgehead atoms. The van der Waals surface area contributed by atoms with Crippen molar-refractivity contribution in [1.82, 2.24) is 0 Å². The summed E-state index contributed by atoms with van der Waals surface area (Å²) in [5, 5.41) is 0. The van der Waals surface area contributed by atoms with E-state index in [0.29, 0.717) is 13.0 Å². The van der Waals surface area contributed by atoms with Gasteiger partial charge in [0.2, 0.25) is 0 Å². The van der Waals surface area contributed by atoms with Gasteiger partial charge in [-0.05, 0) is 77.0 Å². The maximum atomic E-state index is 12.6. The fourth-order valence-corrected chi connectivity index (χ4v) is 7.23. The molecule has 2 unspecified atom stereocenters. The van der Waals surface area contributed by atoms with Gasteiger partial charge in [0.05, 0.1) is 19.8 Å². The van der Waals surface area contributed by atoms with Gasteiger partial charge in [0.1, 0.15) is 6.10 Å². The third-order valence-corrected chi connectivity index (χ3v) is 11.0. The molecule has 334 valence electrons.